The second-order valence-corrected chi connectivity index (χ2v) is 3.29. The number of furan rings is 1. The van der Waals surface area contributed by atoms with Gasteiger partial charge >= 0.3 is 0 Å². The van der Waals surface area contributed by atoms with Crippen LogP contribution in [0.25, 0.3) is 11.0 Å². The summed E-state index contributed by atoms with van der Waals surface area (Å²) >= 11 is 0. The van der Waals surface area contributed by atoms with Gasteiger partial charge in [-0.15, -0.1) is 0 Å². The molecular formula is C11H11F2NO. The SMILES string of the molecule is CCNCc1cc2c(F)cc(F)cc2o1. The number of fused-ring (bicyclic) bond motifs is 1. The fraction of sp³-hybridized carbons (Fsp3) is 0.273. The highest BCUT2D eigenvalue weighted by molar-refractivity contribution is 5.78. The maximum atomic E-state index is 13.3. The molecule has 1 aromatic carbocycles. The van der Waals surface area contributed by atoms with E-state index in [-0.39, 0.29) is 5.58 Å². The maximum absolute atomic E-state index is 13.3. The number of hydrogen-bond acceptors (Lipinski definition) is 2. The molecule has 0 unspecified atom stereocenters. The van der Waals surface area contributed by atoms with Gasteiger partial charge in [-0.2, -0.15) is 0 Å². The minimum atomic E-state index is -0.621. The molecule has 80 valence electrons. The molecule has 0 fully saturated rings. The predicted molar refractivity (Wildman–Crippen MR) is 53.5 cm³/mol. The molecule has 15 heavy (non-hydrogen) atoms. The van der Waals surface area contributed by atoms with E-state index in [0.717, 1.165) is 12.6 Å². The molecule has 2 nitrogen and oxygen atoms in total. The van der Waals surface area contributed by atoms with Crippen LogP contribution in [0.1, 0.15) is 12.7 Å². The Kier molecular flexibility index (Phi) is 2.68. The Balaban J connectivity index is 2.41. The van der Waals surface area contributed by atoms with E-state index in [0.29, 0.717) is 17.7 Å². The molecule has 1 N–H and O–H groups in total. The monoisotopic (exact) mass is 211 g/mol. The van der Waals surface area contributed by atoms with Gasteiger partial charge in [-0.1, -0.05) is 6.92 Å². The standard InChI is InChI=1S/C11H11F2NO/c1-2-14-6-8-5-9-10(13)3-7(12)4-11(9)15-8/h3-5,14H,2,6H2,1H3. The van der Waals surface area contributed by atoms with E-state index in [1.54, 1.807) is 6.07 Å². The van der Waals surface area contributed by atoms with Crippen molar-refractivity contribution in [3.8, 4) is 0 Å². The normalized spacial score (nSPS) is 11.1. The molecule has 0 atom stereocenters. The van der Waals surface area contributed by atoms with E-state index >= 15 is 0 Å². The van der Waals surface area contributed by atoms with Crippen molar-refractivity contribution in [2.45, 2.75) is 13.5 Å². The van der Waals surface area contributed by atoms with Crippen molar-refractivity contribution in [1.29, 1.82) is 0 Å². The highest BCUT2D eigenvalue weighted by atomic mass is 19.1. The van der Waals surface area contributed by atoms with Crippen LogP contribution < -0.4 is 5.32 Å². The Labute approximate surface area is 85.9 Å². The fourth-order valence-electron chi connectivity index (χ4n) is 1.45. The van der Waals surface area contributed by atoms with Crippen LogP contribution in [-0.4, -0.2) is 6.54 Å². The van der Waals surface area contributed by atoms with E-state index < -0.39 is 11.6 Å². The van der Waals surface area contributed by atoms with Gasteiger partial charge in [-0.25, -0.2) is 8.78 Å². The van der Waals surface area contributed by atoms with E-state index in [2.05, 4.69) is 5.32 Å². The lowest BCUT2D eigenvalue weighted by molar-refractivity contribution is 0.516. The first kappa shape index (κ1) is 10.1. The molecule has 2 rings (SSSR count). The third kappa shape index (κ3) is 1.99. The average Bonchev–Trinajstić information content (AvgIpc) is 2.57. The molecular weight excluding hydrogens is 200 g/mol. The van der Waals surface area contributed by atoms with Crippen molar-refractivity contribution in [3.05, 3.63) is 35.6 Å². The van der Waals surface area contributed by atoms with Gasteiger partial charge in [0.1, 0.15) is 23.0 Å². The number of nitrogens with one attached hydrogen (secondary N) is 1. The first-order valence-electron chi connectivity index (χ1n) is 4.79. The summed E-state index contributed by atoms with van der Waals surface area (Å²) in [5.74, 6) is -0.600. The summed E-state index contributed by atoms with van der Waals surface area (Å²) in [5, 5.41) is 3.37. The van der Waals surface area contributed by atoms with Crippen molar-refractivity contribution in [2.75, 3.05) is 6.54 Å². The van der Waals surface area contributed by atoms with E-state index in [1.807, 2.05) is 6.92 Å². The number of halogens is 2. The molecule has 0 bridgehead atoms. The van der Waals surface area contributed by atoms with E-state index in [9.17, 15) is 8.78 Å². The summed E-state index contributed by atoms with van der Waals surface area (Å²) in [6.07, 6.45) is 0. The lowest BCUT2D eigenvalue weighted by Gasteiger charge is -1.94. The van der Waals surface area contributed by atoms with Crippen molar-refractivity contribution < 1.29 is 13.2 Å². The third-order valence-corrected chi connectivity index (χ3v) is 2.15. The zero-order valence-corrected chi connectivity index (χ0v) is 8.31. The molecule has 2 aromatic rings. The smallest absolute Gasteiger partial charge is 0.140 e. The van der Waals surface area contributed by atoms with Crippen molar-refractivity contribution in [1.82, 2.24) is 5.32 Å². The predicted octanol–water partition coefficient (Wildman–Crippen LogP) is 2.82. The molecule has 0 saturated carbocycles. The second-order valence-electron chi connectivity index (χ2n) is 3.29. The Morgan fingerprint density at radius 3 is 2.80 bits per heavy atom. The molecule has 0 radical (unpaired) electrons. The number of rotatable bonds is 3. The zero-order valence-electron chi connectivity index (χ0n) is 8.31. The van der Waals surface area contributed by atoms with Gasteiger partial charge < -0.3 is 9.73 Å². The van der Waals surface area contributed by atoms with Gasteiger partial charge in [-0.05, 0) is 12.6 Å². The van der Waals surface area contributed by atoms with Gasteiger partial charge in [0, 0.05) is 12.1 Å². The highest BCUT2D eigenvalue weighted by Crippen LogP contribution is 2.23. The van der Waals surface area contributed by atoms with E-state index in [1.165, 1.54) is 6.07 Å². The number of hydrogen-bond donors (Lipinski definition) is 1. The summed E-state index contributed by atoms with van der Waals surface area (Å²) in [5.41, 5.74) is 0.250. The van der Waals surface area contributed by atoms with Crippen LogP contribution in [0, 0.1) is 11.6 Å². The van der Waals surface area contributed by atoms with E-state index in [4.69, 9.17) is 4.42 Å². The molecule has 0 aliphatic rings. The Morgan fingerprint density at radius 1 is 1.27 bits per heavy atom. The Bertz CT molecular complexity index is 479. The summed E-state index contributed by atoms with van der Waals surface area (Å²) in [4.78, 5) is 0. The Hall–Kier alpha value is -1.42. The van der Waals surface area contributed by atoms with Gasteiger partial charge in [0.05, 0.1) is 11.9 Å². The first-order chi connectivity index (χ1) is 7.20. The van der Waals surface area contributed by atoms with Crippen LogP contribution in [0.3, 0.4) is 0 Å². The summed E-state index contributed by atoms with van der Waals surface area (Å²) in [6.45, 7) is 3.28. The lowest BCUT2D eigenvalue weighted by Crippen LogP contribution is -2.10. The van der Waals surface area contributed by atoms with Crippen LogP contribution in [-0.2, 0) is 6.54 Å². The molecule has 0 aliphatic heterocycles. The maximum Gasteiger partial charge on any atom is 0.140 e. The van der Waals surface area contributed by atoms with Crippen molar-refractivity contribution >= 4 is 11.0 Å². The topological polar surface area (TPSA) is 25.2 Å². The van der Waals surface area contributed by atoms with Crippen LogP contribution >= 0.6 is 0 Å². The van der Waals surface area contributed by atoms with Crippen LogP contribution in [0.4, 0.5) is 8.78 Å². The minimum absolute atomic E-state index is 0.250. The van der Waals surface area contributed by atoms with Gasteiger partial charge in [0.2, 0.25) is 0 Å². The summed E-state index contributed by atoms with van der Waals surface area (Å²) in [7, 11) is 0. The molecule has 0 aliphatic carbocycles. The van der Waals surface area contributed by atoms with Gasteiger partial charge in [0.15, 0.2) is 0 Å². The second kappa shape index (κ2) is 3.98. The quantitative estimate of drug-likeness (QED) is 0.844. The van der Waals surface area contributed by atoms with Gasteiger partial charge in [-0.3, -0.25) is 0 Å². The van der Waals surface area contributed by atoms with Crippen LogP contribution in [0.15, 0.2) is 22.6 Å². The zero-order chi connectivity index (χ0) is 10.8. The Morgan fingerprint density at radius 2 is 2.07 bits per heavy atom. The lowest BCUT2D eigenvalue weighted by atomic mass is 10.2. The highest BCUT2D eigenvalue weighted by Gasteiger charge is 2.09. The average molecular weight is 211 g/mol. The van der Waals surface area contributed by atoms with Crippen LogP contribution in [0.2, 0.25) is 0 Å². The molecule has 1 aromatic heterocycles. The summed E-state index contributed by atoms with van der Waals surface area (Å²) in [6, 6.07) is 3.63. The molecule has 0 spiro atoms. The van der Waals surface area contributed by atoms with Gasteiger partial charge in [0.25, 0.3) is 0 Å². The molecule has 0 amide bonds. The fourth-order valence-corrected chi connectivity index (χ4v) is 1.45. The first-order valence-corrected chi connectivity index (χ1v) is 4.79. The van der Waals surface area contributed by atoms with Crippen molar-refractivity contribution in [3.63, 3.8) is 0 Å². The summed E-state index contributed by atoms with van der Waals surface area (Å²) < 4.78 is 31.4. The van der Waals surface area contributed by atoms with Crippen molar-refractivity contribution in [2.24, 2.45) is 0 Å². The van der Waals surface area contributed by atoms with Crippen LogP contribution in [0.5, 0.6) is 0 Å². The minimum Gasteiger partial charge on any atom is -0.459 e. The molecule has 1 heterocycles. The molecule has 0 saturated heterocycles. The largest absolute Gasteiger partial charge is 0.459 e. The molecule has 4 heteroatoms. The number of benzene rings is 1. The third-order valence-electron chi connectivity index (χ3n) is 2.15.